The maximum atomic E-state index is 12.8. The lowest BCUT2D eigenvalue weighted by Gasteiger charge is -2.30. The summed E-state index contributed by atoms with van der Waals surface area (Å²) < 4.78 is 0. The molecule has 1 aromatic carbocycles. The highest BCUT2D eigenvalue weighted by Crippen LogP contribution is 2.25. The summed E-state index contributed by atoms with van der Waals surface area (Å²) in [7, 11) is 0. The number of carbonyl (C=O) groups excluding carboxylic acids is 1. The lowest BCUT2D eigenvalue weighted by Crippen LogP contribution is -2.42. The number of hydrogen-bond donors (Lipinski definition) is 3. The van der Waals surface area contributed by atoms with Crippen LogP contribution in [0.1, 0.15) is 116 Å². The summed E-state index contributed by atoms with van der Waals surface area (Å²) in [5.74, 6) is 0.565. The van der Waals surface area contributed by atoms with E-state index in [-0.39, 0.29) is 11.9 Å². The molecule has 0 aliphatic carbocycles. The summed E-state index contributed by atoms with van der Waals surface area (Å²) in [6.45, 7) is 23.2. The number of aromatic nitrogens is 1. The highest BCUT2D eigenvalue weighted by atomic mass is 16.1. The highest BCUT2D eigenvalue weighted by molar-refractivity contribution is 6.12. The number of amides is 1. The van der Waals surface area contributed by atoms with Crippen molar-refractivity contribution in [2.75, 3.05) is 18.4 Å². The Balaban J connectivity index is 0.000000852. The first-order valence-corrected chi connectivity index (χ1v) is 16.5. The molecule has 1 unspecified atom stereocenters. The predicted molar refractivity (Wildman–Crippen MR) is 191 cm³/mol. The van der Waals surface area contributed by atoms with Gasteiger partial charge < -0.3 is 16.4 Å². The first kappa shape index (κ1) is 38.5. The number of allylic oxidation sites excluding steroid dienone is 1. The van der Waals surface area contributed by atoms with Crippen LogP contribution >= 0.6 is 0 Å². The molecular weight excluding hydrogens is 544 g/mol. The van der Waals surface area contributed by atoms with Crippen LogP contribution in [0.3, 0.4) is 0 Å². The van der Waals surface area contributed by atoms with E-state index in [2.05, 4.69) is 79.7 Å². The minimum atomic E-state index is -0.226. The Hall–Kier alpha value is -3.55. The highest BCUT2D eigenvalue weighted by Gasteiger charge is 2.19. The minimum absolute atomic E-state index is 0.226. The maximum Gasteiger partial charge on any atom is 0.274 e. The van der Waals surface area contributed by atoms with Crippen LogP contribution in [0.15, 0.2) is 77.6 Å². The molecule has 1 atom stereocenters. The number of nitrogens with two attached hydrogens (primary N) is 1. The number of nitrogens with zero attached hydrogens (tertiary/aromatic N) is 3. The van der Waals surface area contributed by atoms with Gasteiger partial charge in [0.25, 0.3) is 5.91 Å². The molecule has 7 heteroatoms. The fourth-order valence-electron chi connectivity index (χ4n) is 4.29. The number of rotatable bonds is 8. The van der Waals surface area contributed by atoms with Gasteiger partial charge in [-0.3, -0.25) is 14.7 Å². The first-order chi connectivity index (χ1) is 21.3. The van der Waals surface area contributed by atoms with Crippen LogP contribution in [-0.2, 0) is 6.54 Å². The minimum Gasteiger partial charge on any atom is -0.339 e. The van der Waals surface area contributed by atoms with E-state index >= 15 is 0 Å². The summed E-state index contributed by atoms with van der Waals surface area (Å²) in [5.41, 5.74) is 12.5. The number of hydrogen-bond acceptors (Lipinski definition) is 5. The van der Waals surface area contributed by atoms with E-state index in [4.69, 9.17) is 5.73 Å². The molecule has 1 aromatic heterocycles. The van der Waals surface area contributed by atoms with Crippen molar-refractivity contribution in [1.82, 2.24) is 15.2 Å². The van der Waals surface area contributed by atoms with Crippen molar-refractivity contribution in [2.24, 2.45) is 10.7 Å². The van der Waals surface area contributed by atoms with Crippen LogP contribution in [0.2, 0.25) is 0 Å². The van der Waals surface area contributed by atoms with Gasteiger partial charge in [0, 0.05) is 48.5 Å². The molecule has 2 aliphatic rings. The van der Waals surface area contributed by atoms with Gasteiger partial charge in [0.1, 0.15) is 11.5 Å². The van der Waals surface area contributed by atoms with Crippen molar-refractivity contribution in [2.45, 2.75) is 107 Å². The van der Waals surface area contributed by atoms with Gasteiger partial charge >= 0.3 is 0 Å². The van der Waals surface area contributed by atoms with Gasteiger partial charge in [-0.15, -0.1) is 0 Å². The van der Waals surface area contributed by atoms with Crippen molar-refractivity contribution >= 4 is 23.1 Å². The molecule has 44 heavy (non-hydrogen) atoms. The Morgan fingerprint density at radius 3 is 2.27 bits per heavy atom. The number of benzene rings is 1. The summed E-state index contributed by atoms with van der Waals surface area (Å²) in [5, 5.41) is 6.29. The Labute approximate surface area is 267 Å². The molecule has 0 radical (unpaired) electrons. The number of nitrogens with one attached hydrogen (secondary N) is 2. The van der Waals surface area contributed by atoms with Crippen molar-refractivity contribution in [1.29, 1.82) is 0 Å². The summed E-state index contributed by atoms with van der Waals surface area (Å²) in [6, 6.07) is 11.8. The smallest absolute Gasteiger partial charge is 0.274 e. The average molecular weight is 603 g/mol. The summed E-state index contributed by atoms with van der Waals surface area (Å²) in [4.78, 5) is 23.8. The Morgan fingerprint density at radius 1 is 1.09 bits per heavy atom. The van der Waals surface area contributed by atoms with E-state index in [1.807, 2.05) is 50.2 Å². The zero-order valence-corrected chi connectivity index (χ0v) is 28.7. The standard InChI is InChI=1S/C27H32N6O.2C4H10.C2H6/c1-4-29-26-23(18(2)3)15-24(32-26)20-7-9-22(10-8-20)31-27(34)25-14-19(11-12-30-25)16-33-13-5-6-21(28)17-33;2*1-3-4-2;1-2/h4,7-12,14-15,21H,1,5-6,13,16-17,28H2,2-3H3,(H,29,32)(H,31,34);2*3-4H2,1-2H3;1-2H3. The SMILES string of the molecule is C=CN=C1NC(c2ccc(NC(=O)c3cc(CN4CCCC(N)C4)ccn3)cc2)=CC1=C(C)C.CC.CCCC.CCCC. The molecule has 242 valence electrons. The molecule has 4 N–H and O–H groups in total. The zero-order chi connectivity index (χ0) is 32.9. The third-order valence-corrected chi connectivity index (χ3v) is 7.01. The van der Waals surface area contributed by atoms with Gasteiger partial charge in [-0.2, -0.15) is 0 Å². The number of anilines is 1. The Bertz CT molecular complexity index is 1220. The number of carbonyl (C=O) groups is 1. The van der Waals surface area contributed by atoms with E-state index in [0.29, 0.717) is 11.4 Å². The van der Waals surface area contributed by atoms with Crippen molar-refractivity contribution < 1.29 is 4.79 Å². The zero-order valence-electron chi connectivity index (χ0n) is 28.7. The number of unbranched alkanes of at least 4 members (excludes halogenated alkanes) is 2. The molecule has 1 amide bonds. The molecule has 0 spiro atoms. The lowest BCUT2D eigenvalue weighted by molar-refractivity contribution is 0.102. The first-order valence-electron chi connectivity index (χ1n) is 16.5. The van der Waals surface area contributed by atoms with Crippen LogP contribution in [0, 0.1) is 0 Å². The van der Waals surface area contributed by atoms with Gasteiger partial charge in [0.2, 0.25) is 0 Å². The fourth-order valence-corrected chi connectivity index (χ4v) is 4.29. The van der Waals surface area contributed by atoms with E-state index in [1.54, 1.807) is 6.20 Å². The maximum absolute atomic E-state index is 12.8. The topological polar surface area (TPSA) is 95.6 Å². The second-order valence-corrected chi connectivity index (χ2v) is 11.0. The number of amidine groups is 1. The van der Waals surface area contributed by atoms with Gasteiger partial charge in [-0.1, -0.05) is 91.5 Å². The Morgan fingerprint density at radius 2 is 1.73 bits per heavy atom. The molecule has 4 rings (SSSR count). The van der Waals surface area contributed by atoms with Gasteiger partial charge in [0.05, 0.1) is 0 Å². The molecular formula is C37H58N6O. The van der Waals surface area contributed by atoms with Gasteiger partial charge in [0.15, 0.2) is 0 Å². The van der Waals surface area contributed by atoms with Gasteiger partial charge in [-0.05, 0) is 74.7 Å². The van der Waals surface area contributed by atoms with Crippen LogP contribution in [-0.4, -0.2) is 40.8 Å². The third-order valence-electron chi connectivity index (χ3n) is 7.01. The molecule has 2 aliphatic heterocycles. The molecule has 1 fully saturated rings. The third kappa shape index (κ3) is 13.4. The average Bonchev–Trinajstić information content (AvgIpc) is 3.47. The van der Waals surface area contributed by atoms with E-state index < -0.39 is 0 Å². The molecule has 3 heterocycles. The normalized spacial score (nSPS) is 16.6. The van der Waals surface area contributed by atoms with Gasteiger partial charge in [-0.25, -0.2) is 4.99 Å². The largest absolute Gasteiger partial charge is 0.339 e. The second-order valence-electron chi connectivity index (χ2n) is 11.0. The molecule has 1 saturated heterocycles. The summed E-state index contributed by atoms with van der Waals surface area (Å²) >= 11 is 0. The fraction of sp³-hybridized carbons (Fsp3) is 0.486. The van der Waals surface area contributed by atoms with Crippen LogP contribution in [0.25, 0.3) is 5.70 Å². The number of pyridine rings is 1. The van der Waals surface area contributed by atoms with Crippen molar-refractivity contribution in [3.8, 4) is 0 Å². The number of likely N-dealkylation sites (tertiary alicyclic amines) is 1. The summed E-state index contributed by atoms with van der Waals surface area (Å²) in [6.07, 6.45) is 12.8. The second kappa shape index (κ2) is 22.0. The molecule has 0 saturated carbocycles. The quantitative estimate of drug-likeness (QED) is 0.281. The molecule has 2 aromatic rings. The van der Waals surface area contributed by atoms with Crippen LogP contribution < -0.4 is 16.4 Å². The Kier molecular flexibility index (Phi) is 19.3. The van der Waals surface area contributed by atoms with Crippen molar-refractivity contribution in [3.63, 3.8) is 0 Å². The van der Waals surface area contributed by atoms with E-state index in [9.17, 15) is 4.79 Å². The number of aliphatic imine (C=N–C) groups is 1. The van der Waals surface area contributed by atoms with Crippen molar-refractivity contribution in [3.05, 3.63) is 89.4 Å². The van der Waals surface area contributed by atoms with E-state index in [0.717, 1.165) is 60.7 Å². The predicted octanol–water partition coefficient (Wildman–Crippen LogP) is 8.72. The van der Waals surface area contributed by atoms with Crippen LogP contribution in [0.4, 0.5) is 5.69 Å². The lowest BCUT2D eigenvalue weighted by atomic mass is 10.1. The number of piperidine rings is 1. The molecule has 0 bridgehead atoms. The van der Waals surface area contributed by atoms with Crippen LogP contribution in [0.5, 0.6) is 0 Å². The molecule has 7 nitrogen and oxygen atoms in total. The van der Waals surface area contributed by atoms with E-state index in [1.165, 1.54) is 37.5 Å². The monoisotopic (exact) mass is 602 g/mol.